The predicted octanol–water partition coefficient (Wildman–Crippen LogP) is 2.84. The molecule has 2 aromatic heterocycles. The first-order valence-corrected chi connectivity index (χ1v) is 9.81. The fourth-order valence-corrected chi connectivity index (χ4v) is 2.99. The second-order valence-electron chi connectivity index (χ2n) is 6.83. The molecule has 10 heteroatoms. The molecule has 0 radical (unpaired) electrons. The van der Waals surface area contributed by atoms with Gasteiger partial charge >= 0.3 is 6.03 Å². The van der Waals surface area contributed by atoms with Crippen LogP contribution in [0.1, 0.15) is 17.0 Å². The number of carbonyl (C=O) groups is 1. The molecule has 164 valence electrons. The number of urea groups is 1. The van der Waals surface area contributed by atoms with Gasteiger partial charge in [-0.2, -0.15) is 5.10 Å². The van der Waals surface area contributed by atoms with E-state index < -0.39 is 0 Å². The van der Waals surface area contributed by atoms with E-state index in [0.717, 1.165) is 17.0 Å². The maximum absolute atomic E-state index is 12.2. The summed E-state index contributed by atoms with van der Waals surface area (Å²) in [7, 11) is 3.06. The lowest BCUT2D eigenvalue weighted by molar-refractivity contribution is 0.252. The Bertz CT molecular complexity index is 1050. The largest absolute Gasteiger partial charge is 0.493 e. The zero-order valence-corrected chi connectivity index (χ0v) is 18.3. The highest BCUT2D eigenvalue weighted by Crippen LogP contribution is 2.34. The molecule has 0 fully saturated rings. The van der Waals surface area contributed by atoms with Crippen LogP contribution >= 0.6 is 0 Å². The molecule has 0 spiro atoms. The van der Waals surface area contributed by atoms with Crippen LogP contribution in [0.25, 0.3) is 5.82 Å². The minimum Gasteiger partial charge on any atom is -0.493 e. The van der Waals surface area contributed by atoms with E-state index in [1.54, 1.807) is 30.0 Å². The summed E-state index contributed by atoms with van der Waals surface area (Å²) in [5, 5.41) is 21.5. The van der Waals surface area contributed by atoms with Gasteiger partial charge in [0.25, 0.3) is 0 Å². The van der Waals surface area contributed by atoms with Gasteiger partial charge < -0.3 is 25.4 Å². The highest BCUT2D eigenvalue weighted by Gasteiger charge is 2.12. The van der Waals surface area contributed by atoms with E-state index in [2.05, 4.69) is 31.2 Å². The maximum atomic E-state index is 12.2. The van der Waals surface area contributed by atoms with Crippen LogP contribution in [0.2, 0.25) is 0 Å². The first-order valence-electron chi connectivity index (χ1n) is 9.81. The molecule has 0 aliphatic carbocycles. The van der Waals surface area contributed by atoms with Crippen LogP contribution in [-0.4, -0.2) is 53.3 Å². The van der Waals surface area contributed by atoms with Crippen molar-refractivity contribution in [2.24, 2.45) is 0 Å². The second kappa shape index (κ2) is 9.79. The Balaban J connectivity index is 1.49. The van der Waals surface area contributed by atoms with Crippen molar-refractivity contribution < 1.29 is 14.3 Å². The van der Waals surface area contributed by atoms with Crippen LogP contribution < -0.4 is 25.4 Å². The van der Waals surface area contributed by atoms with E-state index in [1.165, 1.54) is 7.11 Å². The summed E-state index contributed by atoms with van der Waals surface area (Å²) in [5.74, 6) is 2.27. The van der Waals surface area contributed by atoms with Crippen molar-refractivity contribution in [3.8, 4) is 17.3 Å². The fourth-order valence-electron chi connectivity index (χ4n) is 2.99. The number of amides is 2. The average Bonchev–Trinajstić information content (AvgIpc) is 3.04. The lowest BCUT2D eigenvalue weighted by Crippen LogP contribution is -2.32. The Morgan fingerprint density at radius 2 is 1.84 bits per heavy atom. The summed E-state index contributed by atoms with van der Waals surface area (Å²) in [6, 6.07) is 8.59. The van der Waals surface area contributed by atoms with E-state index >= 15 is 0 Å². The lowest BCUT2D eigenvalue weighted by Gasteiger charge is -2.14. The minimum atomic E-state index is -0.352. The summed E-state index contributed by atoms with van der Waals surface area (Å²) in [5.41, 5.74) is 3.67. The summed E-state index contributed by atoms with van der Waals surface area (Å²) in [6.45, 7) is 6.87. The van der Waals surface area contributed by atoms with Gasteiger partial charge in [-0.1, -0.05) is 6.07 Å². The normalized spacial score (nSPS) is 10.5. The van der Waals surface area contributed by atoms with Crippen molar-refractivity contribution in [1.82, 2.24) is 25.3 Å². The van der Waals surface area contributed by atoms with E-state index in [9.17, 15) is 4.79 Å². The van der Waals surface area contributed by atoms with Crippen LogP contribution in [-0.2, 0) is 0 Å². The number of benzene rings is 1. The average molecular weight is 425 g/mol. The van der Waals surface area contributed by atoms with Crippen molar-refractivity contribution in [2.45, 2.75) is 20.8 Å². The predicted molar refractivity (Wildman–Crippen MR) is 118 cm³/mol. The Labute approximate surface area is 181 Å². The molecule has 0 aliphatic heterocycles. The van der Waals surface area contributed by atoms with Gasteiger partial charge in [0, 0.05) is 18.8 Å². The molecule has 2 amide bonds. The van der Waals surface area contributed by atoms with E-state index in [0.29, 0.717) is 41.9 Å². The van der Waals surface area contributed by atoms with Crippen LogP contribution in [0, 0.1) is 20.8 Å². The topological polar surface area (TPSA) is 115 Å². The molecule has 0 unspecified atom stereocenters. The monoisotopic (exact) mass is 425 g/mol. The van der Waals surface area contributed by atoms with Gasteiger partial charge in [0.05, 0.1) is 25.6 Å². The summed E-state index contributed by atoms with van der Waals surface area (Å²) in [4.78, 5) is 12.2. The number of nitrogens with zero attached hydrogens (tertiary/aromatic N) is 4. The number of para-hydroxylation sites is 1. The maximum Gasteiger partial charge on any atom is 0.319 e. The quantitative estimate of drug-likeness (QED) is 0.475. The molecule has 0 saturated carbocycles. The number of nitrogens with one attached hydrogen (secondary N) is 3. The summed E-state index contributed by atoms with van der Waals surface area (Å²) >= 11 is 0. The summed E-state index contributed by atoms with van der Waals surface area (Å²) in [6.07, 6.45) is 0. The van der Waals surface area contributed by atoms with Gasteiger partial charge in [0.2, 0.25) is 0 Å². The molecule has 3 N–H and O–H groups in total. The van der Waals surface area contributed by atoms with Crippen LogP contribution in [0.5, 0.6) is 11.5 Å². The van der Waals surface area contributed by atoms with Crippen molar-refractivity contribution >= 4 is 17.5 Å². The molecule has 0 saturated heterocycles. The molecule has 3 aromatic rings. The Kier molecular flexibility index (Phi) is 6.91. The van der Waals surface area contributed by atoms with E-state index in [1.807, 2.05) is 32.9 Å². The van der Waals surface area contributed by atoms with Gasteiger partial charge in [-0.25, -0.2) is 9.48 Å². The lowest BCUT2D eigenvalue weighted by atomic mass is 10.2. The number of ether oxygens (including phenoxy) is 2. The molecule has 0 aliphatic rings. The van der Waals surface area contributed by atoms with Crippen molar-refractivity contribution in [3.05, 3.63) is 47.3 Å². The van der Waals surface area contributed by atoms with E-state index in [-0.39, 0.29) is 6.03 Å². The van der Waals surface area contributed by atoms with Gasteiger partial charge in [-0.3, -0.25) is 0 Å². The minimum absolute atomic E-state index is 0.352. The van der Waals surface area contributed by atoms with Crippen LogP contribution in [0.4, 0.5) is 16.3 Å². The van der Waals surface area contributed by atoms with Crippen molar-refractivity contribution in [3.63, 3.8) is 0 Å². The van der Waals surface area contributed by atoms with Gasteiger partial charge in [-0.05, 0) is 50.6 Å². The molecule has 3 rings (SSSR count). The number of aromatic nitrogens is 4. The standard InChI is InChI=1S/C21H27N7O3/c1-13-14(2)27-28(15(13)3)19-10-9-18(25-26-19)22-11-12-23-21(29)24-16-7-6-8-17(30-4)20(16)31-5/h6-10H,11-12H2,1-5H3,(H,22,25)(H2,23,24,29). The Morgan fingerprint density at radius 1 is 1.03 bits per heavy atom. The molecular weight excluding hydrogens is 398 g/mol. The number of aryl methyl sites for hydroxylation is 1. The third-order valence-corrected chi connectivity index (χ3v) is 4.89. The van der Waals surface area contributed by atoms with Crippen molar-refractivity contribution in [1.29, 1.82) is 0 Å². The molecule has 10 nitrogen and oxygen atoms in total. The van der Waals surface area contributed by atoms with Crippen molar-refractivity contribution in [2.75, 3.05) is 37.9 Å². The highest BCUT2D eigenvalue weighted by atomic mass is 16.5. The van der Waals surface area contributed by atoms with E-state index in [4.69, 9.17) is 9.47 Å². The molecule has 0 atom stereocenters. The Morgan fingerprint density at radius 3 is 2.45 bits per heavy atom. The molecule has 2 heterocycles. The fraction of sp³-hybridized carbons (Fsp3) is 0.333. The highest BCUT2D eigenvalue weighted by molar-refractivity contribution is 5.91. The number of rotatable bonds is 8. The zero-order valence-electron chi connectivity index (χ0n) is 18.3. The molecule has 0 bridgehead atoms. The molecular formula is C21H27N7O3. The molecule has 31 heavy (non-hydrogen) atoms. The third kappa shape index (κ3) is 5.03. The first-order chi connectivity index (χ1) is 14.9. The van der Waals surface area contributed by atoms with Gasteiger partial charge in [0.15, 0.2) is 17.3 Å². The van der Waals surface area contributed by atoms with Crippen LogP contribution in [0.15, 0.2) is 30.3 Å². The Hall–Kier alpha value is -3.82. The van der Waals surface area contributed by atoms with Gasteiger partial charge in [0.1, 0.15) is 5.82 Å². The first kappa shape index (κ1) is 21.9. The zero-order chi connectivity index (χ0) is 22.4. The van der Waals surface area contributed by atoms with Gasteiger partial charge in [-0.15, -0.1) is 10.2 Å². The number of anilines is 2. The molecule has 1 aromatic carbocycles. The summed E-state index contributed by atoms with van der Waals surface area (Å²) < 4.78 is 12.3. The third-order valence-electron chi connectivity index (χ3n) is 4.89. The number of methoxy groups -OCH3 is 2. The SMILES string of the molecule is COc1cccc(NC(=O)NCCNc2ccc(-n3nc(C)c(C)c3C)nn2)c1OC. The number of hydrogen-bond acceptors (Lipinski definition) is 7. The van der Waals surface area contributed by atoms with Crippen LogP contribution in [0.3, 0.4) is 0 Å². The number of hydrogen-bond donors (Lipinski definition) is 3. The number of carbonyl (C=O) groups excluding carboxylic acids is 1. The smallest absolute Gasteiger partial charge is 0.319 e. The second-order valence-corrected chi connectivity index (χ2v) is 6.83.